The van der Waals surface area contributed by atoms with Gasteiger partial charge in [-0.15, -0.1) is 5.10 Å². The molecule has 4 nitrogen and oxygen atoms in total. The summed E-state index contributed by atoms with van der Waals surface area (Å²) in [7, 11) is 0. The molecular weight excluding hydrogens is 164 g/mol. The molecule has 0 saturated carbocycles. The SMILES string of the molecule is Cc1ncnnc1C1CCNCC1. The highest BCUT2D eigenvalue weighted by Crippen LogP contribution is 2.23. The maximum Gasteiger partial charge on any atom is 0.138 e. The fourth-order valence-corrected chi connectivity index (χ4v) is 1.81. The van der Waals surface area contributed by atoms with Crippen LogP contribution in [-0.4, -0.2) is 28.3 Å². The van der Waals surface area contributed by atoms with Crippen molar-refractivity contribution in [3.63, 3.8) is 0 Å². The lowest BCUT2D eigenvalue weighted by atomic mass is 9.93. The zero-order valence-corrected chi connectivity index (χ0v) is 7.82. The van der Waals surface area contributed by atoms with Gasteiger partial charge in [0.25, 0.3) is 0 Å². The summed E-state index contributed by atoms with van der Waals surface area (Å²) in [6.45, 7) is 4.17. The molecule has 1 aromatic rings. The lowest BCUT2D eigenvalue weighted by molar-refractivity contribution is 0.447. The van der Waals surface area contributed by atoms with E-state index in [4.69, 9.17) is 0 Å². The molecule has 1 fully saturated rings. The number of aryl methyl sites for hydroxylation is 1. The first-order valence-corrected chi connectivity index (χ1v) is 4.73. The Kier molecular flexibility index (Phi) is 2.49. The first-order valence-electron chi connectivity index (χ1n) is 4.73. The molecule has 0 amide bonds. The van der Waals surface area contributed by atoms with E-state index in [0.717, 1.165) is 37.3 Å². The first-order chi connectivity index (χ1) is 6.38. The quantitative estimate of drug-likeness (QED) is 0.686. The van der Waals surface area contributed by atoms with Gasteiger partial charge in [0.1, 0.15) is 6.33 Å². The van der Waals surface area contributed by atoms with Crippen molar-refractivity contribution in [1.29, 1.82) is 0 Å². The molecule has 0 atom stereocenters. The van der Waals surface area contributed by atoms with E-state index >= 15 is 0 Å². The van der Waals surface area contributed by atoms with Crippen LogP contribution in [0.5, 0.6) is 0 Å². The molecule has 4 heteroatoms. The van der Waals surface area contributed by atoms with Crippen LogP contribution in [0.25, 0.3) is 0 Å². The van der Waals surface area contributed by atoms with Crippen LogP contribution in [0.2, 0.25) is 0 Å². The fraction of sp³-hybridized carbons (Fsp3) is 0.667. The Bertz CT molecular complexity index is 281. The Morgan fingerprint density at radius 2 is 2.15 bits per heavy atom. The van der Waals surface area contributed by atoms with Gasteiger partial charge in [-0.05, 0) is 32.9 Å². The predicted molar refractivity (Wildman–Crippen MR) is 49.4 cm³/mol. The Morgan fingerprint density at radius 3 is 2.85 bits per heavy atom. The average molecular weight is 178 g/mol. The summed E-state index contributed by atoms with van der Waals surface area (Å²) >= 11 is 0. The molecule has 1 aliphatic heterocycles. The Labute approximate surface area is 77.8 Å². The molecule has 1 aromatic heterocycles. The molecule has 0 aromatic carbocycles. The molecular formula is C9H14N4. The molecule has 1 aliphatic rings. The van der Waals surface area contributed by atoms with Gasteiger partial charge in [0.2, 0.25) is 0 Å². The summed E-state index contributed by atoms with van der Waals surface area (Å²) in [5.41, 5.74) is 2.12. The van der Waals surface area contributed by atoms with E-state index in [9.17, 15) is 0 Å². The average Bonchev–Trinajstić information content (AvgIpc) is 2.20. The molecule has 13 heavy (non-hydrogen) atoms. The van der Waals surface area contributed by atoms with Crippen LogP contribution in [0, 0.1) is 6.92 Å². The second-order valence-corrected chi connectivity index (χ2v) is 3.45. The topological polar surface area (TPSA) is 50.7 Å². The van der Waals surface area contributed by atoms with Gasteiger partial charge in [-0.3, -0.25) is 0 Å². The van der Waals surface area contributed by atoms with Crippen molar-refractivity contribution < 1.29 is 0 Å². The summed E-state index contributed by atoms with van der Waals surface area (Å²) < 4.78 is 0. The third kappa shape index (κ3) is 1.83. The first kappa shape index (κ1) is 8.56. The van der Waals surface area contributed by atoms with Gasteiger partial charge in [-0.25, -0.2) is 4.98 Å². The van der Waals surface area contributed by atoms with Crippen LogP contribution in [-0.2, 0) is 0 Å². The summed E-state index contributed by atoms with van der Waals surface area (Å²) in [4.78, 5) is 4.16. The van der Waals surface area contributed by atoms with Gasteiger partial charge in [-0.1, -0.05) is 0 Å². The van der Waals surface area contributed by atoms with Crippen molar-refractivity contribution in [2.24, 2.45) is 0 Å². The van der Waals surface area contributed by atoms with Gasteiger partial charge < -0.3 is 5.32 Å². The summed E-state index contributed by atoms with van der Waals surface area (Å²) in [6, 6.07) is 0. The van der Waals surface area contributed by atoms with Crippen molar-refractivity contribution in [3.05, 3.63) is 17.7 Å². The Hall–Kier alpha value is -1.03. The third-order valence-electron chi connectivity index (χ3n) is 2.57. The zero-order valence-electron chi connectivity index (χ0n) is 7.82. The Balaban J connectivity index is 2.18. The maximum absolute atomic E-state index is 4.16. The molecule has 0 radical (unpaired) electrons. The van der Waals surface area contributed by atoms with E-state index in [2.05, 4.69) is 20.5 Å². The molecule has 0 unspecified atom stereocenters. The minimum Gasteiger partial charge on any atom is -0.317 e. The lowest BCUT2D eigenvalue weighted by Gasteiger charge is -2.22. The normalized spacial score (nSPS) is 18.8. The van der Waals surface area contributed by atoms with Crippen molar-refractivity contribution in [1.82, 2.24) is 20.5 Å². The van der Waals surface area contributed by atoms with E-state index in [-0.39, 0.29) is 0 Å². The van der Waals surface area contributed by atoms with Crippen LogP contribution in [0.1, 0.15) is 30.1 Å². The maximum atomic E-state index is 4.16. The number of nitrogens with one attached hydrogen (secondary N) is 1. The van der Waals surface area contributed by atoms with Crippen molar-refractivity contribution in [2.75, 3.05) is 13.1 Å². The minimum absolute atomic E-state index is 0.558. The Morgan fingerprint density at radius 1 is 1.38 bits per heavy atom. The fourth-order valence-electron chi connectivity index (χ4n) is 1.81. The lowest BCUT2D eigenvalue weighted by Crippen LogP contribution is -2.27. The molecule has 2 heterocycles. The van der Waals surface area contributed by atoms with E-state index < -0.39 is 0 Å². The molecule has 2 rings (SSSR count). The highest BCUT2D eigenvalue weighted by Gasteiger charge is 2.18. The minimum atomic E-state index is 0.558. The summed E-state index contributed by atoms with van der Waals surface area (Å²) in [6.07, 6.45) is 3.82. The molecule has 70 valence electrons. The standard InChI is InChI=1S/C9H14N4/c1-7-9(13-12-6-11-7)8-2-4-10-5-3-8/h6,8,10H,2-5H2,1H3. The van der Waals surface area contributed by atoms with Gasteiger partial charge in [0, 0.05) is 5.92 Å². The van der Waals surface area contributed by atoms with E-state index in [1.807, 2.05) is 6.92 Å². The second kappa shape index (κ2) is 3.79. The van der Waals surface area contributed by atoms with Gasteiger partial charge >= 0.3 is 0 Å². The number of hydrogen-bond acceptors (Lipinski definition) is 4. The predicted octanol–water partition coefficient (Wildman–Crippen LogP) is 0.647. The zero-order chi connectivity index (χ0) is 9.10. The van der Waals surface area contributed by atoms with Gasteiger partial charge in [0.15, 0.2) is 0 Å². The van der Waals surface area contributed by atoms with Crippen LogP contribution < -0.4 is 5.32 Å². The van der Waals surface area contributed by atoms with Crippen LogP contribution in [0.15, 0.2) is 6.33 Å². The van der Waals surface area contributed by atoms with E-state index in [1.165, 1.54) is 6.33 Å². The number of rotatable bonds is 1. The molecule has 0 bridgehead atoms. The highest BCUT2D eigenvalue weighted by molar-refractivity contribution is 5.12. The smallest absolute Gasteiger partial charge is 0.138 e. The van der Waals surface area contributed by atoms with Crippen molar-refractivity contribution in [3.8, 4) is 0 Å². The molecule has 1 N–H and O–H groups in total. The number of piperidine rings is 1. The molecule has 0 spiro atoms. The number of hydrogen-bond donors (Lipinski definition) is 1. The molecule has 1 saturated heterocycles. The molecule has 0 aliphatic carbocycles. The van der Waals surface area contributed by atoms with Crippen LogP contribution in [0.4, 0.5) is 0 Å². The van der Waals surface area contributed by atoms with E-state index in [0.29, 0.717) is 5.92 Å². The highest BCUT2D eigenvalue weighted by atomic mass is 15.1. The second-order valence-electron chi connectivity index (χ2n) is 3.45. The number of aromatic nitrogens is 3. The van der Waals surface area contributed by atoms with Gasteiger partial charge in [0.05, 0.1) is 11.4 Å². The summed E-state index contributed by atoms with van der Waals surface area (Å²) in [5.74, 6) is 0.558. The monoisotopic (exact) mass is 178 g/mol. The van der Waals surface area contributed by atoms with Crippen molar-refractivity contribution in [2.45, 2.75) is 25.7 Å². The summed E-state index contributed by atoms with van der Waals surface area (Å²) in [5, 5.41) is 11.3. The van der Waals surface area contributed by atoms with E-state index in [1.54, 1.807) is 0 Å². The largest absolute Gasteiger partial charge is 0.317 e. The van der Waals surface area contributed by atoms with Crippen molar-refractivity contribution >= 4 is 0 Å². The van der Waals surface area contributed by atoms with Crippen LogP contribution in [0.3, 0.4) is 0 Å². The number of nitrogens with zero attached hydrogens (tertiary/aromatic N) is 3. The van der Waals surface area contributed by atoms with Gasteiger partial charge in [-0.2, -0.15) is 5.10 Å². The van der Waals surface area contributed by atoms with Crippen LogP contribution >= 0.6 is 0 Å². The third-order valence-corrected chi connectivity index (χ3v) is 2.57.